The van der Waals surface area contributed by atoms with E-state index in [1.807, 2.05) is 48.5 Å². The molecule has 3 aromatic carbocycles. The second kappa shape index (κ2) is 11.9. The molecular weight excluding hydrogens is 426 g/mol. The molecule has 8 N–H and O–H groups in total. The molecule has 7 nitrogen and oxygen atoms in total. The van der Waals surface area contributed by atoms with Gasteiger partial charge in [0.05, 0.1) is 5.56 Å². The SMILES string of the molecule is Cl.NCCc1ccc(NC(=O)c2ccc(C(=O)Nc3ccc(CCN)cc3)c(N)c2)cc1. The van der Waals surface area contributed by atoms with Gasteiger partial charge in [-0.05, 0) is 79.5 Å². The first kappa shape index (κ1) is 24.9. The van der Waals surface area contributed by atoms with E-state index in [-0.39, 0.29) is 29.9 Å². The van der Waals surface area contributed by atoms with Gasteiger partial charge in [-0.3, -0.25) is 9.59 Å². The van der Waals surface area contributed by atoms with Gasteiger partial charge in [-0.15, -0.1) is 12.4 Å². The van der Waals surface area contributed by atoms with Gasteiger partial charge in [0.25, 0.3) is 11.8 Å². The van der Waals surface area contributed by atoms with Crippen LogP contribution in [0, 0.1) is 0 Å². The van der Waals surface area contributed by atoms with Gasteiger partial charge in [-0.25, -0.2) is 0 Å². The summed E-state index contributed by atoms with van der Waals surface area (Å²) in [7, 11) is 0. The van der Waals surface area contributed by atoms with Crippen LogP contribution in [0.4, 0.5) is 17.1 Å². The van der Waals surface area contributed by atoms with Crippen molar-refractivity contribution >= 4 is 41.3 Å². The molecule has 0 heterocycles. The first-order valence-corrected chi connectivity index (χ1v) is 10.1. The van der Waals surface area contributed by atoms with Crippen LogP contribution in [0.3, 0.4) is 0 Å². The van der Waals surface area contributed by atoms with Crippen molar-refractivity contribution in [3.63, 3.8) is 0 Å². The molecule has 0 radical (unpaired) electrons. The second-order valence-corrected chi connectivity index (χ2v) is 7.18. The van der Waals surface area contributed by atoms with Crippen molar-refractivity contribution in [2.24, 2.45) is 11.5 Å². The Balaban J connectivity index is 0.00000363. The van der Waals surface area contributed by atoms with Gasteiger partial charge < -0.3 is 27.8 Å². The molecule has 0 saturated heterocycles. The summed E-state index contributed by atoms with van der Waals surface area (Å²) in [6.07, 6.45) is 1.56. The van der Waals surface area contributed by atoms with Crippen LogP contribution < -0.4 is 27.8 Å². The molecule has 2 amide bonds. The number of rotatable bonds is 8. The number of nitrogens with one attached hydrogen (secondary N) is 2. The van der Waals surface area contributed by atoms with Crippen molar-refractivity contribution in [1.82, 2.24) is 0 Å². The lowest BCUT2D eigenvalue weighted by Crippen LogP contribution is -2.16. The van der Waals surface area contributed by atoms with Crippen molar-refractivity contribution in [1.29, 1.82) is 0 Å². The van der Waals surface area contributed by atoms with E-state index in [1.54, 1.807) is 12.1 Å². The van der Waals surface area contributed by atoms with E-state index in [9.17, 15) is 9.59 Å². The van der Waals surface area contributed by atoms with Crippen LogP contribution in [-0.2, 0) is 12.8 Å². The number of carbonyl (C=O) groups is 2. The first-order valence-electron chi connectivity index (χ1n) is 10.1. The number of nitrogens with two attached hydrogens (primary N) is 3. The molecule has 3 aromatic rings. The predicted octanol–water partition coefficient (Wildman–Crippen LogP) is 3.20. The zero-order chi connectivity index (χ0) is 22.2. The molecule has 0 fully saturated rings. The summed E-state index contributed by atoms with van der Waals surface area (Å²) in [5.74, 6) is -0.646. The Kier molecular flexibility index (Phi) is 9.22. The quantitative estimate of drug-likeness (QED) is 0.333. The topological polar surface area (TPSA) is 136 Å². The molecule has 0 spiro atoms. The molecule has 32 heavy (non-hydrogen) atoms. The van der Waals surface area contributed by atoms with Gasteiger partial charge in [0, 0.05) is 22.6 Å². The molecular formula is C24H28ClN5O2. The fraction of sp³-hybridized carbons (Fsp3) is 0.167. The maximum Gasteiger partial charge on any atom is 0.257 e. The van der Waals surface area contributed by atoms with E-state index in [0.717, 1.165) is 24.0 Å². The number of anilines is 3. The summed E-state index contributed by atoms with van der Waals surface area (Å²) in [6.45, 7) is 1.15. The van der Waals surface area contributed by atoms with E-state index in [0.29, 0.717) is 35.6 Å². The van der Waals surface area contributed by atoms with Gasteiger partial charge >= 0.3 is 0 Å². The Morgan fingerprint density at radius 1 is 0.688 bits per heavy atom. The lowest BCUT2D eigenvalue weighted by Gasteiger charge is -2.11. The van der Waals surface area contributed by atoms with Gasteiger partial charge in [0.2, 0.25) is 0 Å². The Morgan fingerprint density at radius 2 is 1.16 bits per heavy atom. The molecule has 168 valence electrons. The van der Waals surface area contributed by atoms with Crippen LogP contribution in [0.5, 0.6) is 0 Å². The smallest absolute Gasteiger partial charge is 0.257 e. The summed E-state index contributed by atoms with van der Waals surface area (Å²) in [4.78, 5) is 25.1. The average molecular weight is 454 g/mol. The van der Waals surface area contributed by atoms with E-state index in [4.69, 9.17) is 17.2 Å². The molecule has 0 aliphatic rings. The third-order valence-electron chi connectivity index (χ3n) is 4.85. The Hall–Kier alpha value is -3.39. The monoisotopic (exact) mass is 453 g/mol. The highest BCUT2D eigenvalue weighted by atomic mass is 35.5. The largest absolute Gasteiger partial charge is 0.398 e. The first-order chi connectivity index (χ1) is 15.0. The van der Waals surface area contributed by atoms with E-state index < -0.39 is 0 Å². The number of hydrogen-bond acceptors (Lipinski definition) is 5. The average Bonchev–Trinajstić information content (AvgIpc) is 2.76. The van der Waals surface area contributed by atoms with Gasteiger partial charge in [0.15, 0.2) is 0 Å². The fourth-order valence-corrected chi connectivity index (χ4v) is 3.16. The fourth-order valence-electron chi connectivity index (χ4n) is 3.16. The standard InChI is InChI=1S/C24H27N5O2.ClH/c25-13-11-16-1-6-19(7-2-16)28-23(30)18-5-10-21(22(27)15-18)24(31)29-20-8-3-17(4-9-20)12-14-26;/h1-10,15H,11-14,25-27H2,(H,28,30)(H,29,31);1H. The third kappa shape index (κ3) is 6.55. The normalized spacial score (nSPS) is 10.2. The number of nitrogen functional groups attached to an aromatic ring is 1. The summed E-state index contributed by atoms with van der Waals surface area (Å²) in [5, 5.41) is 5.64. The van der Waals surface area contributed by atoms with Crippen LogP contribution in [0.1, 0.15) is 31.8 Å². The van der Waals surface area contributed by atoms with Crippen LogP contribution >= 0.6 is 12.4 Å². The van der Waals surface area contributed by atoms with Crippen molar-refractivity contribution in [2.45, 2.75) is 12.8 Å². The van der Waals surface area contributed by atoms with Crippen molar-refractivity contribution in [3.8, 4) is 0 Å². The summed E-state index contributed by atoms with van der Waals surface area (Å²) in [6, 6.07) is 19.6. The summed E-state index contributed by atoms with van der Waals surface area (Å²) >= 11 is 0. The molecule has 0 aliphatic heterocycles. The molecule has 0 unspecified atom stereocenters. The zero-order valence-electron chi connectivity index (χ0n) is 17.6. The minimum Gasteiger partial charge on any atom is -0.398 e. The third-order valence-corrected chi connectivity index (χ3v) is 4.85. The molecule has 0 bridgehead atoms. The molecule has 3 rings (SSSR count). The van der Waals surface area contributed by atoms with E-state index >= 15 is 0 Å². The van der Waals surface area contributed by atoms with Crippen LogP contribution in [0.15, 0.2) is 66.7 Å². The van der Waals surface area contributed by atoms with Crippen molar-refractivity contribution in [2.75, 3.05) is 29.5 Å². The maximum atomic E-state index is 12.6. The van der Waals surface area contributed by atoms with Gasteiger partial charge in [-0.1, -0.05) is 24.3 Å². The van der Waals surface area contributed by atoms with Crippen LogP contribution in [-0.4, -0.2) is 24.9 Å². The van der Waals surface area contributed by atoms with Crippen molar-refractivity contribution in [3.05, 3.63) is 89.0 Å². The van der Waals surface area contributed by atoms with Gasteiger partial charge in [-0.2, -0.15) is 0 Å². The minimum absolute atomic E-state index is 0. The van der Waals surface area contributed by atoms with Gasteiger partial charge in [0.1, 0.15) is 0 Å². The minimum atomic E-state index is -0.341. The Labute approximate surface area is 193 Å². The highest BCUT2D eigenvalue weighted by molar-refractivity contribution is 6.10. The number of carbonyl (C=O) groups excluding carboxylic acids is 2. The van der Waals surface area contributed by atoms with Crippen LogP contribution in [0.25, 0.3) is 0 Å². The molecule has 0 saturated carbocycles. The summed E-state index contributed by atoms with van der Waals surface area (Å²) < 4.78 is 0. The van der Waals surface area contributed by atoms with Crippen LogP contribution in [0.2, 0.25) is 0 Å². The molecule has 8 heteroatoms. The summed E-state index contributed by atoms with van der Waals surface area (Å²) in [5.41, 5.74) is 21.6. The highest BCUT2D eigenvalue weighted by Gasteiger charge is 2.14. The lowest BCUT2D eigenvalue weighted by atomic mass is 10.1. The number of halogens is 1. The molecule has 0 aliphatic carbocycles. The number of benzene rings is 3. The predicted molar refractivity (Wildman–Crippen MR) is 132 cm³/mol. The lowest BCUT2D eigenvalue weighted by molar-refractivity contribution is 0.101. The maximum absolute atomic E-state index is 12.6. The number of amides is 2. The van der Waals surface area contributed by atoms with Crippen molar-refractivity contribution < 1.29 is 9.59 Å². The van der Waals surface area contributed by atoms with E-state index in [1.165, 1.54) is 6.07 Å². The second-order valence-electron chi connectivity index (χ2n) is 7.18. The molecule has 0 aromatic heterocycles. The Morgan fingerprint density at radius 3 is 1.59 bits per heavy atom. The Bertz CT molecular complexity index is 1050. The van der Waals surface area contributed by atoms with E-state index in [2.05, 4.69) is 10.6 Å². The highest BCUT2D eigenvalue weighted by Crippen LogP contribution is 2.19. The molecule has 0 atom stereocenters. The number of hydrogen-bond donors (Lipinski definition) is 5. The zero-order valence-corrected chi connectivity index (χ0v) is 18.5.